The fourth-order valence-corrected chi connectivity index (χ4v) is 5.79. The van der Waals surface area contributed by atoms with Crippen molar-refractivity contribution in [3.05, 3.63) is 0 Å². The van der Waals surface area contributed by atoms with Crippen LogP contribution in [-0.4, -0.2) is 55.1 Å². The van der Waals surface area contributed by atoms with Gasteiger partial charge in [0.05, 0.1) is 6.04 Å². The van der Waals surface area contributed by atoms with Crippen LogP contribution in [0.25, 0.3) is 0 Å². The third kappa shape index (κ3) is 4.76. The van der Waals surface area contributed by atoms with Crippen molar-refractivity contribution in [2.24, 2.45) is 17.8 Å². The van der Waals surface area contributed by atoms with Crippen LogP contribution in [0.15, 0.2) is 0 Å². The molecule has 0 radical (unpaired) electrons. The number of fused-ring (bicyclic) bond motifs is 1. The van der Waals surface area contributed by atoms with E-state index in [0.717, 1.165) is 63.6 Å². The Bertz CT molecular complexity index is 534. The van der Waals surface area contributed by atoms with Crippen LogP contribution in [0.4, 0.5) is 4.79 Å². The van der Waals surface area contributed by atoms with Gasteiger partial charge in [0.15, 0.2) is 0 Å². The third-order valence-corrected chi connectivity index (χ3v) is 7.37. The van der Waals surface area contributed by atoms with Crippen molar-refractivity contribution in [3.8, 4) is 0 Å². The molecule has 4 fully saturated rings. The Morgan fingerprint density at radius 1 is 0.963 bits per heavy atom. The summed E-state index contributed by atoms with van der Waals surface area (Å²) in [7, 11) is 0. The predicted molar refractivity (Wildman–Crippen MR) is 105 cm³/mol. The van der Waals surface area contributed by atoms with Gasteiger partial charge in [-0.05, 0) is 69.2 Å². The third-order valence-electron chi connectivity index (χ3n) is 7.37. The van der Waals surface area contributed by atoms with Crippen LogP contribution in [0.2, 0.25) is 0 Å². The van der Waals surface area contributed by atoms with Gasteiger partial charge in [-0.3, -0.25) is 4.79 Å². The summed E-state index contributed by atoms with van der Waals surface area (Å²) >= 11 is 0. The van der Waals surface area contributed by atoms with Crippen molar-refractivity contribution < 1.29 is 9.59 Å². The van der Waals surface area contributed by atoms with Crippen LogP contribution in [-0.2, 0) is 4.79 Å². The highest BCUT2D eigenvalue weighted by Gasteiger charge is 2.35. The highest BCUT2D eigenvalue weighted by Crippen LogP contribution is 2.42. The predicted octanol–water partition coefficient (Wildman–Crippen LogP) is 2.24. The van der Waals surface area contributed by atoms with Crippen molar-refractivity contribution in [2.45, 2.75) is 76.3 Å². The summed E-state index contributed by atoms with van der Waals surface area (Å²) in [5, 5.41) is 9.67. The van der Waals surface area contributed by atoms with E-state index in [9.17, 15) is 9.59 Å². The minimum Gasteiger partial charge on any atom is -0.354 e. The Labute approximate surface area is 163 Å². The van der Waals surface area contributed by atoms with Crippen LogP contribution in [0.1, 0.15) is 64.2 Å². The van der Waals surface area contributed by atoms with Crippen molar-refractivity contribution in [1.82, 2.24) is 20.9 Å². The Hall–Kier alpha value is -1.30. The highest BCUT2D eigenvalue weighted by atomic mass is 16.2. The van der Waals surface area contributed by atoms with Crippen molar-refractivity contribution >= 4 is 11.9 Å². The molecule has 2 aliphatic heterocycles. The number of nitrogens with zero attached hydrogens (tertiary/aromatic N) is 1. The Morgan fingerprint density at radius 3 is 2.70 bits per heavy atom. The molecule has 2 heterocycles. The molecule has 27 heavy (non-hydrogen) atoms. The first-order chi connectivity index (χ1) is 13.2. The lowest BCUT2D eigenvalue weighted by Crippen LogP contribution is -2.51. The summed E-state index contributed by atoms with van der Waals surface area (Å²) in [5.74, 6) is 2.27. The lowest BCUT2D eigenvalue weighted by Gasteiger charge is -2.36. The number of rotatable bonds is 4. The van der Waals surface area contributed by atoms with Crippen LogP contribution < -0.4 is 16.0 Å². The molecule has 0 aromatic rings. The number of likely N-dealkylation sites (tertiary alicyclic amines) is 1. The number of amides is 3. The molecule has 152 valence electrons. The molecule has 5 unspecified atom stereocenters. The molecule has 5 atom stereocenters. The van der Waals surface area contributed by atoms with E-state index in [1.165, 1.54) is 32.1 Å². The summed E-state index contributed by atoms with van der Waals surface area (Å²) in [6.07, 6.45) is 11.9. The summed E-state index contributed by atoms with van der Waals surface area (Å²) < 4.78 is 0. The SMILES string of the molecule is O=C(NCC1CCCN(C(=O)NC2CCC3CCCC3C2)C1)C1CCCN1. The number of hydrogen-bond acceptors (Lipinski definition) is 3. The van der Waals surface area contributed by atoms with E-state index in [1.54, 1.807) is 0 Å². The van der Waals surface area contributed by atoms with Gasteiger partial charge < -0.3 is 20.9 Å². The van der Waals surface area contributed by atoms with E-state index in [-0.39, 0.29) is 18.0 Å². The first-order valence-electron chi connectivity index (χ1n) is 11.3. The normalized spacial score (nSPS) is 36.3. The summed E-state index contributed by atoms with van der Waals surface area (Å²) in [4.78, 5) is 26.9. The molecule has 0 bridgehead atoms. The fraction of sp³-hybridized carbons (Fsp3) is 0.905. The molecule has 2 aliphatic carbocycles. The summed E-state index contributed by atoms with van der Waals surface area (Å²) in [6.45, 7) is 3.24. The largest absolute Gasteiger partial charge is 0.354 e. The van der Waals surface area contributed by atoms with Crippen molar-refractivity contribution in [2.75, 3.05) is 26.2 Å². The van der Waals surface area contributed by atoms with E-state index in [1.807, 2.05) is 4.90 Å². The molecule has 3 N–H and O–H groups in total. The second-order valence-corrected chi connectivity index (χ2v) is 9.26. The zero-order valence-corrected chi connectivity index (χ0v) is 16.5. The van der Waals surface area contributed by atoms with E-state index in [0.29, 0.717) is 18.5 Å². The zero-order chi connectivity index (χ0) is 18.6. The Morgan fingerprint density at radius 2 is 1.85 bits per heavy atom. The second kappa shape index (κ2) is 8.80. The van der Waals surface area contributed by atoms with Gasteiger partial charge in [0.2, 0.25) is 5.91 Å². The molecular weight excluding hydrogens is 340 g/mol. The van der Waals surface area contributed by atoms with Gasteiger partial charge in [0.25, 0.3) is 0 Å². The van der Waals surface area contributed by atoms with E-state index >= 15 is 0 Å². The molecule has 0 aromatic carbocycles. The minimum absolute atomic E-state index is 0.0151. The highest BCUT2D eigenvalue weighted by molar-refractivity contribution is 5.82. The molecule has 0 aromatic heterocycles. The standard InChI is InChI=1S/C21H36N4O2/c26-20(19-7-2-10-22-19)23-13-15-4-3-11-25(14-15)21(27)24-18-9-8-16-5-1-6-17(16)12-18/h15-19,22H,1-14H2,(H,23,26)(H,24,27). The number of carbonyl (C=O) groups is 2. The van der Waals surface area contributed by atoms with E-state index < -0.39 is 0 Å². The molecule has 0 spiro atoms. The second-order valence-electron chi connectivity index (χ2n) is 9.26. The Balaban J connectivity index is 1.20. The van der Waals surface area contributed by atoms with Gasteiger partial charge in [0.1, 0.15) is 0 Å². The maximum atomic E-state index is 12.8. The maximum absolute atomic E-state index is 12.8. The number of hydrogen-bond donors (Lipinski definition) is 3. The fourth-order valence-electron chi connectivity index (χ4n) is 5.79. The number of carbonyl (C=O) groups excluding carboxylic acids is 2. The van der Waals surface area contributed by atoms with E-state index in [2.05, 4.69) is 16.0 Å². The van der Waals surface area contributed by atoms with E-state index in [4.69, 9.17) is 0 Å². The quantitative estimate of drug-likeness (QED) is 0.705. The van der Waals surface area contributed by atoms with Gasteiger partial charge in [-0.1, -0.05) is 19.3 Å². The van der Waals surface area contributed by atoms with Crippen LogP contribution in [0, 0.1) is 17.8 Å². The first-order valence-corrected chi connectivity index (χ1v) is 11.3. The lowest BCUT2D eigenvalue weighted by molar-refractivity contribution is -0.123. The smallest absolute Gasteiger partial charge is 0.317 e. The average Bonchev–Trinajstić information content (AvgIpc) is 3.37. The van der Waals surface area contributed by atoms with Crippen molar-refractivity contribution in [3.63, 3.8) is 0 Å². The number of nitrogens with one attached hydrogen (secondary N) is 3. The van der Waals surface area contributed by atoms with Gasteiger partial charge in [-0.2, -0.15) is 0 Å². The van der Waals surface area contributed by atoms with Crippen LogP contribution in [0.5, 0.6) is 0 Å². The van der Waals surface area contributed by atoms with Gasteiger partial charge in [-0.15, -0.1) is 0 Å². The zero-order valence-electron chi connectivity index (χ0n) is 16.5. The number of piperidine rings is 1. The van der Waals surface area contributed by atoms with Gasteiger partial charge in [0, 0.05) is 25.7 Å². The Kier molecular flexibility index (Phi) is 6.21. The van der Waals surface area contributed by atoms with Crippen molar-refractivity contribution in [1.29, 1.82) is 0 Å². The van der Waals surface area contributed by atoms with Crippen LogP contribution >= 0.6 is 0 Å². The number of urea groups is 1. The van der Waals surface area contributed by atoms with Crippen LogP contribution in [0.3, 0.4) is 0 Å². The maximum Gasteiger partial charge on any atom is 0.317 e. The molecule has 4 aliphatic rings. The lowest BCUT2D eigenvalue weighted by atomic mass is 9.79. The molecule has 6 heteroatoms. The minimum atomic E-state index is -0.0151. The molecule has 3 amide bonds. The molecule has 4 rings (SSSR count). The molecular formula is C21H36N4O2. The van der Waals surface area contributed by atoms with Gasteiger partial charge >= 0.3 is 6.03 Å². The van der Waals surface area contributed by atoms with Gasteiger partial charge in [-0.25, -0.2) is 4.79 Å². The molecule has 6 nitrogen and oxygen atoms in total. The average molecular weight is 377 g/mol. The molecule has 2 saturated carbocycles. The summed E-state index contributed by atoms with van der Waals surface area (Å²) in [6, 6.07) is 0.467. The topological polar surface area (TPSA) is 73.5 Å². The summed E-state index contributed by atoms with van der Waals surface area (Å²) in [5.41, 5.74) is 0. The monoisotopic (exact) mass is 376 g/mol. The first kappa shape index (κ1) is 19.0. The molecule has 2 saturated heterocycles.